The maximum Gasteiger partial charge on any atom is 0.371 e. The lowest BCUT2D eigenvalue weighted by Gasteiger charge is -2.27. The molecular formula is C16H28N2O3. The predicted molar refractivity (Wildman–Crippen MR) is 83.7 cm³/mol. The van der Waals surface area contributed by atoms with Crippen molar-refractivity contribution in [1.82, 2.24) is 9.80 Å². The van der Waals surface area contributed by atoms with Crippen molar-refractivity contribution in [3.63, 3.8) is 0 Å². The number of hydrogen-bond acceptors (Lipinski definition) is 4. The van der Waals surface area contributed by atoms with Gasteiger partial charge in [0.1, 0.15) is 5.76 Å². The van der Waals surface area contributed by atoms with E-state index in [4.69, 9.17) is 9.52 Å². The van der Waals surface area contributed by atoms with Gasteiger partial charge in [-0.3, -0.25) is 4.90 Å². The predicted octanol–water partition coefficient (Wildman–Crippen LogP) is 3.09. The van der Waals surface area contributed by atoms with Crippen LogP contribution in [-0.2, 0) is 0 Å². The minimum Gasteiger partial charge on any atom is -0.475 e. The second kappa shape index (κ2) is 8.85. The molecule has 0 aliphatic heterocycles. The summed E-state index contributed by atoms with van der Waals surface area (Å²) < 4.78 is 5.41. The SMILES string of the molecule is CCN(CC)CCCN(CC)C(C)c1ccc(C(=O)O)o1. The molecule has 0 saturated carbocycles. The van der Waals surface area contributed by atoms with Gasteiger partial charge in [0.05, 0.1) is 6.04 Å². The summed E-state index contributed by atoms with van der Waals surface area (Å²) in [6.45, 7) is 13.7. The lowest BCUT2D eigenvalue weighted by atomic mass is 10.2. The molecular weight excluding hydrogens is 268 g/mol. The summed E-state index contributed by atoms with van der Waals surface area (Å²) in [5.74, 6) is -0.286. The van der Waals surface area contributed by atoms with Crippen molar-refractivity contribution in [1.29, 1.82) is 0 Å². The van der Waals surface area contributed by atoms with Crippen molar-refractivity contribution in [3.8, 4) is 0 Å². The molecule has 1 rings (SSSR count). The monoisotopic (exact) mass is 296 g/mol. The molecule has 5 heteroatoms. The molecule has 1 heterocycles. The molecule has 21 heavy (non-hydrogen) atoms. The number of furan rings is 1. The smallest absolute Gasteiger partial charge is 0.371 e. The zero-order chi connectivity index (χ0) is 15.8. The van der Waals surface area contributed by atoms with Gasteiger partial charge in [-0.05, 0) is 51.7 Å². The Balaban J connectivity index is 2.55. The first-order valence-electron chi connectivity index (χ1n) is 7.82. The van der Waals surface area contributed by atoms with Crippen LogP contribution in [0.4, 0.5) is 0 Å². The van der Waals surface area contributed by atoms with Gasteiger partial charge in [-0.1, -0.05) is 20.8 Å². The largest absolute Gasteiger partial charge is 0.475 e. The summed E-state index contributed by atoms with van der Waals surface area (Å²) in [5.41, 5.74) is 0. The fraction of sp³-hybridized carbons (Fsp3) is 0.688. The Morgan fingerprint density at radius 1 is 1.19 bits per heavy atom. The van der Waals surface area contributed by atoms with E-state index in [0.29, 0.717) is 0 Å². The van der Waals surface area contributed by atoms with Crippen molar-refractivity contribution in [2.45, 2.75) is 40.2 Å². The number of carboxylic acid groups (broad SMARTS) is 1. The van der Waals surface area contributed by atoms with Crippen LogP contribution in [0.3, 0.4) is 0 Å². The maximum atomic E-state index is 10.9. The highest BCUT2D eigenvalue weighted by Gasteiger charge is 2.19. The molecule has 0 aromatic carbocycles. The molecule has 1 aromatic rings. The molecule has 0 aliphatic carbocycles. The van der Waals surface area contributed by atoms with Gasteiger partial charge in [-0.2, -0.15) is 0 Å². The van der Waals surface area contributed by atoms with Gasteiger partial charge in [0.25, 0.3) is 0 Å². The van der Waals surface area contributed by atoms with E-state index in [1.165, 1.54) is 6.07 Å². The standard InChI is InChI=1S/C16H28N2O3/c1-5-17(6-2)11-8-12-18(7-3)13(4)14-9-10-15(21-14)16(19)20/h9-10,13H,5-8,11-12H2,1-4H3,(H,19,20). The van der Waals surface area contributed by atoms with E-state index in [9.17, 15) is 4.79 Å². The van der Waals surface area contributed by atoms with E-state index >= 15 is 0 Å². The highest BCUT2D eigenvalue weighted by molar-refractivity contribution is 5.84. The first kappa shape index (κ1) is 17.7. The summed E-state index contributed by atoms with van der Waals surface area (Å²) in [6, 6.07) is 3.39. The first-order valence-corrected chi connectivity index (χ1v) is 7.82. The molecule has 0 radical (unpaired) electrons. The molecule has 1 aromatic heterocycles. The third-order valence-electron chi connectivity index (χ3n) is 4.02. The van der Waals surface area contributed by atoms with Crippen LogP contribution in [0.25, 0.3) is 0 Å². The second-order valence-electron chi connectivity index (χ2n) is 5.19. The van der Waals surface area contributed by atoms with E-state index in [1.54, 1.807) is 6.07 Å². The molecule has 5 nitrogen and oxygen atoms in total. The number of rotatable bonds is 10. The minimum absolute atomic E-state index is 0.0102. The van der Waals surface area contributed by atoms with Crippen LogP contribution in [0.15, 0.2) is 16.5 Å². The Morgan fingerprint density at radius 2 is 1.86 bits per heavy atom. The van der Waals surface area contributed by atoms with E-state index in [-0.39, 0.29) is 11.8 Å². The molecule has 1 atom stereocenters. The molecule has 0 aliphatic rings. The molecule has 1 N–H and O–H groups in total. The van der Waals surface area contributed by atoms with Crippen molar-refractivity contribution < 1.29 is 14.3 Å². The lowest BCUT2D eigenvalue weighted by molar-refractivity contribution is 0.0656. The third kappa shape index (κ3) is 5.17. The van der Waals surface area contributed by atoms with Crippen LogP contribution >= 0.6 is 0 Å². The highest BCUT2D eigenvalue weighted by Crippen LogP contribution is 2.22. The normalized spacial score (nSPS) is 13.0. The maximum absolute atomic E-state index is 10.9. The lowest BCUT2D eigenvalue weighted by Crippen LogP contribution is -2.31. The van der Waals surface area contributed by atoms with Crippen LogP contribution < -0.4 is 0 Å². The topological polar surface area (TPSA) is 56.9 Å². The van der Waals surface area contributed by atoms with Gasteiger partial charge in [-0.25, -0.2) is 4.79 Å². The van der Waals surface area contributed by atoms with E-state index in [0.717, 1.165) is 44.9 Å². The van der Waals surface area contributed by atoms with Crippen molar-refractivity contribution in [2.75, 3.05) is 32.7 Å². The third-order valence-corrected chi connectivity index (χ3v) is 4.02. The Kier molecular flexibility index (Phi) is 7.47. The van der Waals surface area contributed by atoms with E-state index in [2.05, 4.69) is 37.5 Å². The highest BCUT2D eigenvalue weighted by atomic mass is 16.4. The molecule has 120 valence electrons. The summed E-state index contributed by atoms with van der Waals surface area (Å²) in [7, 11) is 0. The number of nitrogens with zero attached hydrogens (tertiary/aromatic N) is 2. The summed E-state index contributed by atoms with van der Waals surface area (Å²) in [4.78, 5) is 15.6. The van der Waals surface area contributed by atoms with Crippen LogP contribution in [0, 0.1) is 0 Å². The van der Waals surface area contributed by atoms with Crippen molar-refractivity contribution >= 4 is 5.97 Å². The number of carboxylic acids is 1. The number of hydrogen-bond donors (Lipinski definition) is 1. The minimum atomic E-state index is -1.02. The molecule has 0 spiro atoms. The summed E-state index contributed by atoms with van der Waals surface area (Å²) >= 11 is 0. The molecule has 1 unspecified atom stereocenters. The van der Waals surface area contributed by atoms with Gasteiger partial charge in [0.2, 0.25) is 5.76 Å². The molecule has 0 fully saturated rings. The zero-order valence-electron chi connectivity index (χ0n) is 13.6. The number of aromatic carboxylic acids is 1. The van der Waals surface area contributed by atoms with Gasteiger partial charge in [0.15, 0.2) is 0 Å². The van der Waals surface area contributed by atoms with Gasteiger partial charge in [-0.15, -0.1) is 0 Å². The van der Waals surface area contributed by atoms with Crippen molar-refractivity contribution in [2.24, 2.45) is 0 Å². The van der Waals surface area contributed by atoms with Crippen LogP contribution in [0.2, 0.25) is 0 Å². The zero-order valence-corrected chi connectivity index (χ0v) is 13.6. The van der Waals surface area contributed by atoms with E-state index in [1.807, 2.05) is 0 Å². The second-order valence-corrected chi connectivity index (χ2v) is 5.19. The first-order chi connectivity index (χ1) is 10.0. The number of carbonyl (C=O) groups is 1. The quantitative estimate of drug-likeness (QED) is 0.719. The van der Waals surface area contributed by atoms with Crippen LogP contribution in [-0.4, -0.2) is 53.6 Å². The Hall–Kier alpha value is -1.33. The Labute approximate surface area is 127 Å². The molecule has 0 amide bonds. The molecule has 0 saturated heterocycles. The Bertz CT molecular complexity index is 427. The summed E-state index contributed by atoms with van der Waals surface area (Å²) in [5, 5.41) is 8.92. The fourth-order valence-electron chi connectivity index (χ4n) is 2.54. The average molecular weight is 296 g/mol. The Morgan fingerprint density at radius 3 is 2.33 bits per heavy atom. The van der Waals surface area contributed by atoms with Gasteiger partial charge in [0, 0.05) is 6.54 Å². The van der Waals surface area contributed by atoms with Crippen LogP contribution in [0.1, 0.15) is 56.5 Å². The van der Waals surface area contributed by atoms with Gasteiger partial charge < -0.3 is 14.4 Å². The fourth-order valence-corrected chi connectivity index (χ4v) is 2.54. The average Bonchev–Trinajstić information content (AvgIpc) is 2.97. The summed E-state index contributed by atoms with van der Waals surface area (Å²) in [6.07, 6.45) is 1.10. The van der Waals surface area contributed by atoms with Crippen LogP contribution in [0.5, 0.6) is 0 Å². The molecule has 0 bridgehead atoms. The van der Waals surface area contributed by atoms with Crippen molar-refractivity contribution in [3.05, 3.63) is 23.7 Å². The van der Waals surface area contributed by atoms with E-state index < -0.39 is 5.97 Å². The van der Waals surface area contributed by atoms with Gasteiger partial charge >= 0.3 is 5.97 Å².